The van der Waals surface area contributed by atoms with Gasteiger partial charge in [-0.3, -0.25) is 9.59 Å². The molecule has 3 N–H and O–H groups in total. The number of carboxylic acid groups (broad SMARTS) is 1. The molecule has 0 aromatic heterocycles. The van der Waals surface area contributed by atoms with Gasteiger partial charge in [0.2, 0.25) is 5.91 Å². The van der Waals surface area contributed by atoms with Crippen LogP contribution in [0.4, 0.5) is 0 Å². The monoisotopic (exact) mass is 304 g/mol. The topological polar surface area (TPSA) is 95.5 Å². The van der Waals surface area contributed by atoms with Gasteiger partial charge in [0, 0.05) is 12.1 Å². The van der Waals surface area contributed by atoms with E-state index in [0.29, 0.717) is 18.5 Å². The molecule has 1 aromatic carbocycles. The molecular formula is C16H20N2O4. The number of benzene rings is 1. The molecule has 1 atom stereocenters. The number of hydrogen-bond acceptors (Lipinski definition) is 3. The van der Waals surface area contributed by atoms with Crippen LogP contribution in [0.15, 0.2) is 42.5 Å². The number of nitrogens with one attached hydrogen (secondary N) is 2. The Bertz CT molecular complexity index is 540. The summed E-state index contributed by atoms with van der Waals surface area (Å²) in [4.78, 5) is 34.2. The highest BCUT2D eigenvalue weighted by Gasteiger charge is 2.18. The molecule has 0 saturated heterocycles. The highest BCUT2D eigenvalue weighted by molar-refractivity contribution is 5.94. The zero-order valence-electron chi connectivity index (χ0n) is 12.4. The summed E-state index contributed by atoms with van der Waals surface area (Å²) in [6, 6.07) is 7.80. The molecule has 6 heteroatoms. The van der Waals surface area contributed by atoms with Gasteiger partial charge in [0.25, 0.3) is 5.91 Å². The Hall–Kier alpha value is -2.63. The minimum atomic E-state index is -1.09. The maximum atomic E-state index is 11.8. The fourth-order valence-electron chi connectivity index (χ4n) is 1.83. The van der Waals surface area contributed by atoms with Gasteiger partial charge in [0.1, 0.15) is 6.04 Å². The van der Waals surface area contributed by atoms with Crippen molar-refractivity contribution in [2.24, 2.45) is 0 Å². The SMILES string of the molecule is CC=CC(=O)N[C@@H](CCCNC(=O)c1ccccc1)C(=O)O. The molecule has 1 aromatic rings. The van der Waals surface area contributed by atoms with Crippen LogP contribution < -0.4 is 10.6 Å². The van der Waals surface area contributed by atoms with Gasteiger partial charge in [0.05, 0.1) is 0 Å². The van der Waals surface area contributed by atoms with Crippen LogP contribution in [-0.4, -0.2) is 35.5 Å². The Morgan fingerprint density at radius 3 is 2.50 bits per heavy atom. The predicted octanol–water partition coefficient (Wildman–Crippen LogP) is 1.34. The van der Waals surface area contributed by atoms with Crippen LogP contribution in [0.1, 0.15) is 30.1 Å². The van der Waals surface area contributed by atoms with E-state index in [-0.39, 0.29) is 12.3 Å². The van der Waals surface area contributed by atoms with Gasteiger partial charge in [0.15, 0.2) is 0 Å². The zero-order chi connectivity index (χ0) is 16.4. The van der Waals surface area contributed by atoms with Gasteiger partial charge in [-0.05, 0) is 38.0 Å². The first-order valence-corrected chi connectivity index (χ1v) is 7.04. The van der Waals surface area contributed by atoms with Gasteiger partial charge in [-0.25, -0.2) is 4.79 Å². The third-order valence-electron chi connectivity index (χ3n) is 2.92. The molecule has 22 heavy (non-hydrogen) atoms. The number of carbonyl (C=O) groups excluding carboxylic acids is 2. The smallest absolute Gasteiger partial charge is 0.326 e. The average molecular weight is 304 g/mol. The summed E-state index contributed by atoms with van der Waals surface area (Å²) in [7, 11) is 0. The van der Waals surface area contributed by atoms with Gasteiger partial charge in [-0.15, -0.1) is 0 Å². The molecule has 0 bridgehead atoms. The summed E-state index contributed by atoms with van der Waals surface area (Å²) in [5.74, 6) is -1.74. The molecule has 0 spiro atoms. The molecule has 0 heterocycles. The molecule has 1 rings (SSSR count). The van der Waals surface area contributed by atoms with Gasteiger partial charge >= 0.3 is 5.97 Å². The molecular weight excluding hydrogens is 284 g/mol. The van der Waals surface area contributed by atoms with Crippen LogP contribution in [0, 0.1) is 0 Å². The summed E-state index contributed by atoms with van der Waals surface area (Å²) in [6.45, 7) is 2.02. The van der Waals surface area contributed by atoms with Crippen molar-refractivity contribution in [3.05, 3.63) is 48.0 Å². The minimum Gasteiger partial charge on any atom is -0.480 e. The Morgan fingerprint density at radius 2 is 1.91 bits per heavy atom. The van der Waals surface area contributed by atoms with E-state index in [9.17, 15) is 14.4 Å². The number of allylic oxidation sites excluding steroid dienone is 1. The van der Waals surface area contributed by atoms with Crippen molar-refractivity contribution in [2.45, 2.75) is 25.8 Å². The number of hydrogen-bond donors (Lipinski definition) is 3. The van der Waals surface area contributed by atoms with Gasteiger partial charge in [-0.1, -0.05) is 24.3 Å². The summed E-state index contributed by atoms with van der Waals surface area (Å²) < 4.78 is 0. The van der Waals surface area contributed by atoms with Crippen LogP contribution in [0.3, 0.4) is 0 Å². The van der Waals surface area contributed by atoms with Crippen molar-refractivity contribution >= 4 is 17.8 Å². The lowest BCUT2D eigenvalue weighted by Gasteiger charge is -2.13. The zero-order valence-corrected chi connectivity index (χ0v) is 12.4. The van der Waals surface area contributed by atoms with Crippen LogP contribution in [-0.2, 0) is 9.59 Å². The Balaban J connectivity index is 2.36. The van der Waals surface area contributed by atoms with Crippen molar-refractivity contribution < 1.29 is 19.5 Å². The number of aliphatic carboxylic acids is 1. The number of amides is 2. The maximum absolute atomic E-state index is 11.8. The van der Waals surface area contributed by atoms with Crippen molar-refractivity contribution in [1.82, 2.24) is 10.6 Å². The van der Waals surface area contributed by atoms with Crippen molar-refractivity contribution in [3.8, 4) is 0 Å². The maximum Gasteiger partial charge on any atom is 0.326 e. The molecule has 0 saturated carbocycles. The van der Waals surface area contributed by atoms with Crippen molar-refractivity contribution in [2.75, 3.05) is 6.54 Å². The Labute approximate surface area is 129 Å². The van der Waals surface area contributed by atoms with Crippen LogP contribution in [0.2, 0.25) is 0 Å². The molecule has 0 fully saturated rings. The third-order valence-corrected chi connectivity index (χ3v) is 2.92. The summed E-state index contributed by atoms with van der Waals surface area (Å²) in [5, 5.41) is 14.2. The first kappa shape index (κ1) is 17.4. The molecule has 0 aliphatic rings. The Morgan fingerprint density at radius 1 is 1.23 bits per heavy atom. The van der Waals surface area contributed by atoms with E-state index in [1.807, 2.05) is 6.07 Å². The van der Waals surface area contributed by atoms with E-state index in [2.05, 4.69) is 10.6 Å². The Kier molecular flexibility index (Phi) is 7.39. The van der Waals surface area contributed by atoms with E-state index in [1.165, 1.54) is 12.2 Å². The van der Waals surface area contributed by atoms with E-state index < -0.39 is 17.9 Å². The number of rotatable bonds is 8. The standard InChI is InChI=1S/C16H20N2O4/c1-2-7-14(19)18-13(16(21)22)10-6-11-17-15(20)12-8-4-3-5-9-12/h2-5,7-9,13H,6,10-11H2,1H3,(H,17,20)(H,18,19)(H,21,22)/t13-/m0/s1. The number of carbonyl (C=O) groups is 3. The largest absolute Gasteiger partial charge is 0.480 e. The molecule has 2 amide bonds. The lowest BCUT2D eigenvalue weighted by atomic mass is 10.1. The summed E-state index contributed by atoms with van der Waals surface area (Å²) in [5.41, 5.74) is 0.554. The molecule has 0 radical (unpaired) electrons. The van der Waals surface area contributed by atoms with E-state index in [0.717, 1.165) is 0 Å². The quantitative estimate of drug-likeness (QED) is 0.499. The second-order valence-corrected chi connectivity index (χ2v) is 4.66. The van der Waals surface area contributed by atoms with Crippen LogP contribution in [0.25, 0.3) is 0 Å². The van der Waals surface area contributed by atoms with Crippen LogP contribution in [0.5, 0.6) is 0 Å². The van der Waals surface area contributed by atoms with E-state index >= 15 is 0 Å². The molecule has 0 aliphatic carbocycles. The van der Waals surface area contributed by atoms with Crippen molar-refractivity contribution in [3.63, 3.8) is 0 Å². The molecule has 6 nitrogen and oxygen atoms in total. The predicted molar refractivity (Wildman–Crippen MR) is 82.4 cm³/mol. The fraction of sp³-hybridized carbons (Fsp3) is 0.312. The highest BCUT2D eigenvalue weighted by atomic mass is 16.4. The van der Waals surface area contributed by atoms with Crippen molar-refractivity contribution in [1.29, 1.82) is 0 Å². The lowest BCUT2D eigenvalue weighted by Crippen LogP contribution is -2.40. The summed E-state index contributed by atoms with van der Waals surface area (Å²) >= 11 is 0. The molecule has 0 unspecified atom stereocenters. The first-order chi connectivity index (χ1) is 10.5. The highest BCUT2D eigenvalue weighted by Crippen LogP contribution is 2.00. The summed E-state index contributed by atoms with van der Waals surface area (Å²) in [6.07, 6.45) is 3.50. The van der Waals surface area contributed by atoms with Gasteiger partial charge < -0.3 is 15.7 Å². The fourth-order valence-corrected chi connectivity index (χ4v) is 1.83. The normalized spacial score (nSPS) is 11.9. The van der Waals surface area contributed by atoms with E-state index in [1.54, 1.807) is 31.2 Å². The van der Waals surface area contributed by atoms with Crippen LogP contribution >= 0.6 is 0 Å². The van der Waals surface area contributed by atoms with E-state index in [4.69, 9.17) is 5.11 Å². The second kappa shape index (κ2) is 9.33. The molecule has 0 aliphatic heterocycles. The molecule has 118 valence electrons. The van der Waals surface area contributed by atoms with Gasteiger partial charge in [-0.2, -0.15) is 0 Å². The first-order valence-electron chi connectivity index (χ1n) is 7.04. The number of carboxylic acids is 1. The minimum absolute atomic E-state index is 0.203. The third kappa shape index (κ3) is 6.21. The average Bonchev–Trinajstić information content (AvgIpc) is 2.51. The lowest BCUT2D eigenvalue weighted by molar-refractivity contribution is -0.141. The second-order valence-electron chi connectivity index (χ2n) is 4.66.